The molecule has 5 heteroatoms. The molecule has 1 fully saturated rings. The molecule has 0 bridgehead atoms. The van der Waals surface area contributed by atoms with Gasteiger partial charge in [0.25, 0.3) is 0 Å². The van der Waals surface area contributed by atoms with E-state index in [1.807, 2.05) is 18.2 Å². The van der Waals surface area contributed by atoms with Crippen molar-refractivity contribution < 1.29 is 9.90 Å². The second kappa shape index (κ2) is 6.08. The lowest BCUT2D eigenvalue weighted by atomic mass is 9.89. The maximum absolute atomic E-state index is 11.4. The summed E-state index contributed by atoms with van der Waals surface area (Å²) in [6.07, 6.45) is 7.79. The monoisotopic (exact) mass is 285 g/mol. The van der Waals surface area contributed by atoms with Crippen molar-refractivity contribution in [1.29, 1.82) is 0 Å². The van der Waals surface area contributed by atoms with E-state index in [0.717, 1.165) is 12.8 Å². The van der Waals surface area contributed by atoms with Crippen LogP contribution in [0.2, 0.25) is 0 Å². The Balaban J connectivity index is 1.88. The lowest BCUT2D eigenvalue weighted by Gasteiger charge is -2.21. The Labute approximate surface area is 123 Å². The molecule has 3 rings (SSSR count). The summed E-state index contributed by atoms with van der Waals surface area (Å²) in [7, 11) is 0. The van der Waals surface area contributed by atoms with E-state index in [1.54, 1.807) is 16.9 Å². The molecule has 0 amide bonds. The second-order valence-corrected chi connectivity index (χ2v) is 5.62. The zero-order valence-electron chi connectivity index (χ0n) is 11.9. The minimum Gasteiger partial charge on any atom is -0.477 e. The third-order valence-corrected chi connectivity index (χ3v) is 4.08. The number of aromatic nitrogens is 3. The average Bonchev–Trinajstić information content (AvgIpc) is 2.93. The molecule has 0 aliphatic heterocycles. The maximum Gasteiger partial charge on any atom is 0.354 e. The zero-order valence-corrected chi connectivity index (χ0v) is 11.9. The summed E-state index contributed by atoms with van der Waals surface area (Å²) in [6, 6.07) is 7.18. The van der Waals surface area contributed by atoms with Gasteiger partial charge in [0.2, 0.25) is 0 Å². The molecule has 1 aliphatic carbocycles. The van der Waals surface area contributed by atoms with Gasteiger partial charge in [-0.3, -0.25) is 9.67 Å². The van der Waals surface area contributed by atoms with Crippen LogP contribution in [0.1, 0.15) is 42.6 Å². The molecule has 5 nitrogen and oxygen atoms in total. The van der Waals surface area contributed by atoms with E-state index in [4.69, 9.17) is 0 Å². The first-order chi connectivity index (χ1) is 10.2. The Hall–Kier alpha value is -2.17. The fourth-order valence-electron chi connectivity index (χ4n) is 2.98. The first kappa shape index (κ1) is 13.8. The average molecular weight is 285 g/mol. The van der Waals surface area contributed by atoms with Crippen LogP contribution in [0.4, 0.5) is 0 Å². The molecular formula is C16H19N3O2. The minimum absolute atomic E-state index is 0.251. The molecule has 0 saturated heterocycles. The topological polar surface area (TPSA) is 68.0 Å². The van der Waals surface area contributed by atoms with Crippen LogP contribution in [-0.2, 0) is 6.54 Å². The molecule has 21 heavy (non-hydrogen) atoms. The van der Waals surface area contributed by atoms with Gasteiger partial charge in [-0.25, -0.2) is 4.79 Å². The van der Waals surface area contributed by atoms with Crippen LogP contribution in [0.25, 0.3) is 11.4 Å². The Morgan fingerprint density at radius 2 is 2.05 bits per heavy atom. The highest BCUT2D eigenvalue weighted by atomic mass is 16.4. The van der Waals surface area contributed by atoms with Gasteiger partial charge in [-0.2, -0.15) is 5.10 Å². The normalized spacial score (nSPS) is 16.0. The van der Waals surface area contributed by atoms with E-state index in [-0.39, 0.29) is 5.69 Å². The number of carbonyl (C=O) groups is 1. The molecular weight excluding hydrogens is 266 g/mol. The Morgan fingerprint density at radius 1 is 1.24 bits per heavy atom. The van der Waals surface area contributed by atoms with Gasteiger partial charge in [-0.1, -0.05) is 25.3 Å². The molecule has 1 saturated carbocycles. The van der Waals surface area contributed by atoms with Crippen LogP contribution >= 0.6 is 0 Å². The van der Waals surface area contributed by atoms with Crippen LogP contribution in [0.3, 0.4) is 0 Å². The SMILES string of the molecule is O=C(O)c1cc(-c2ccccn2)nn1CC1CCCCC1. The van der Waals surface area contributed by atoms with Crippen molar-refractivity contribution in [2.45, 2.75) is 38.6 Å². The number of hydrogen-bond acceptors (Lipinski definition) is 3. The molecule has 1 aliphatic rings. The third kappa shape index (κ3) is 3.12. The molecule has 0 radical (unpaired) electrons. The quantitative estimate of drug-likeness (QED) is 0.936. The van der Waals surface area contributed by atoms with Crippen molar-refractivity contribution in [2.75, 3.05) is 0 Å². The first-order valence-corrected chi connectivity index (χ1v) is 7.46. The van der Waals surface area contributed by atoms with E-state index in [1.165, 1.54) is 19.3 Å². The lowest BCUT2D eigenvalue weighted by molar-refractivity contribution is 0.0681. The number of carboxylic acid groups (broad SMARTS) is 1. The van der Waals surface area contributed by atoms with Crippen LogP contribution in [0.15, 0.2) is 30.5 Å². The van der Waals surface area contributed by atoms with Crippen LogP contribution in [0, 0.1) is 5.92 Å². The number of pyridine rings is 1. The summed E-state index contributed by atoms with van der Waals surface area (Å²) in [4.78, 5) is 15.7. The largest absolute Gasteiger partial charge is 0.477 e. The van der Waals surface area contributed by atoms with Gasteiger partial charge in [-0.15, -0.1) is 0 Å². The predicted octanol–water partition coefficient (Wildman–Crippen LogP) is 3.22. The predicted molar refractivity (Wildman–Crippen MR) is 79.0 cm³/mol. The molecule has 2 aromatic rings. The molecule has 2 heterocycles. The Kier molecular flexibility index (Phi) is 3.99. The number of nitrogens with zero attached hydrogens (tertiary/aromatic N) is 3. The van der Waals surface area contributed by atoms with Crippen molar-refractivity contribution in [3.8, 4) is 11.4 Å². The number of carboxylic acids is 1. The van der Waals surface area contributed by atoms with E-state index >= 15 is 0 Å². The summed E-state index contributed by atoms with van der Waals surface area (Å²) < 4.78 is 1.64. The van der Waals surface area contributed by atoms with Gasteiger partial charge >= 0.3 is 5.97 Å². The summed E-state index contributed by atoms with van der Waals surface area (Å²) in [5.74, 6) is -0.395. The standard InChI is InChI=1S/C16H19N3O2/c20-16(21)15-10-14(13-8-4-5-9-17-13)18-19(15)11-12-6-2-1-3-7-12/h4-5,8-10,12H,1-3,6-7,11H2,(H,20,21). The molecule has 1 N–H and O–H groups in total. The number of rotatable bonds is 4. The highest BCUT2D eigenvalue weighted by molar-refractivity contribution is 5.87. The molecule has 0 spiro atoms. The highest BCUT2D eigenvalue weighted by Crippen LogP contribution is 2.26. The fraction of sp³-hybridized carbons (Fsp3) is 0.438. The van der Waals surface area contributed by atoms with Crippen LogP contribution in [0.5, 0.6) is 0 Å². The van der Waals surface area contributed by atoms with Gasteiger partial charge in [0.15, 0.2) is 0 Å². The van der Waals surface area contributed by atoms with E-state index in [2.05, 4.69) is 10.1 Å². The number of aromatic carboxylic acids is 1. The summed E-state index contributed by atoms with van der Waals surface area (Å²) >= 11 is 0. The van der Waals surface area contributed by atoms with Gasteiger partial charge in [0.1, 0.15) is 11.4 Å². The molecule has 0 atom stereocenters. The summed E-state index contributed by atoms with van der Waals surface area (Å²) in [6.45, 7) is 0.689. The third-order valence-electron chi connectivity index (χ3n) is 4.08. The van der Waals surface area contributed by atoms with Crippen molar-refractivity contribution in [3.05, 3.63) is 36.2 Å². The summed E-state index contributed by atoms with van der Waals surface area (Å²) in [5, 5.41) is 13.8. The molecule has 2 aromatic heterocycles. The van der Waals surface area contributed by atoms with Crippen LogP contribution in [-0.4, -0.2) is 25.8 Å². The van der Waals surface area contributed by atoms with Gasteiger partial charge < -0.3 is 5.11 Å². The second-order valence-electron chi connectivity index (χ2n) is 5.62. The van der Waals surface area contributed by atoms with E-state index in [9.17, 15) is 9.90 Å². The van der Waals surface area contributed by atoms with Crippen LogP contribution < -0.4 is 0 Å². The fourth-order valence-corrected chi connectivity index (χ4v) is 2.98. The zero-order chi connectivity index (χ0) is 14.7. The van der Waals surface area contributed by atoms with Gasteiger partial charge in [0, 0.05) is 18.8 Å². The summed E-state index contributed by atoms with van der Waals surface area (Å²) in [5.41, 5.74) is 1.59. The molecule has 0 aromatic carbocycles. The first-order valence-electron chi connectivity index (χ1n) is 7.46. The lowest BCUT2D eigenvalue weighted by Crippen LogP contribution is -2.18. The van der Waals surface area contributed by atoms with Crippen molar-refractivity contribution in [2.24, 2.45) is 5.92 Å². The van der Waals surface area contributed by atoms with Crippen molar-refractivity contribution >= 4 is 5.97 Å². The maximum atomic E-state index is 11.4. The molecule has 0 unspecified atom stereocenters. The Bertz CT molecular complexity index is 616. The van der Waals surface area contributed by atoms with Gasteiger partial charge in [0.05, 0.1) is 5.69 Å². The minimum atomic E-state index is -0.930. The van der Waals surface area contributed by atoms with E-state index in [0.29, 0.717) is 23.9 Å². The Morgan fingerprint density at radius 3 is 2.71 bits per heavy atom. The molecule has 110 valence electrons. The van der Waals surface area contributed by atoms with E-state index < -0.39 is 5.97 Å². The van der Waals surface area contributed by atoms with Gasteiger partial charge in [-0.05, 0) is 30.9 Å². The van der Waals surface area contributed by atoms with Crippen molar-refractivity contribution in [1.82, 2.24) is 14.8 Å². The number of hydrogen-bond donors (Lipinski definition) is 1. The highest BCUT2D eigenvalue weighted by Gasteiger charge is 2.20. The van der Waals surface area contributed by atoms with Crippen molar-refractivity contribution in [3.63, 3.8) is 0 Å². The smallest absolute Gasteiger partial charge is 0.354 e.